The summed E-state index contributed by atoms with van der Waals surface area (Å²) < 4.78 is 63.9. The van der Waals surface area contributed by atoms with Gasteiger partial charge in [0.15, 0.2) is 30.1 Å². The Morgan fingerprint density at radius 1 is 1.07 bits per heavy atom. The summed E-state index contributed by atoms with van der Waals surface area (Å²) >= 11 is 5.05. The number of nitrogen functional groups attached to an aromatic ring is 1. The van der Waals surface area contributed by atoms with E-state index in [1.54, 1.807) is 0 Å². The summed E-state index contributed by atoms with van der Waals surface area (Å²) in [5.74, 6) is 0.296. The first-order valence-corrected chi connectivity index (χ1v) is 17.2. The number of anilines is 2. The van der Waals surface area contributed by atoms with Crippen LogP contribution >= 0.6 is 14.5 Å². The molecule has 0 amide bonds. The van der Waals surface area contributed by atoms with E-state index in [0.29, 0.717) is 5.69 Å². The lowest BCUT2D eigenvalue weighted by atomic mass is 10.1. The molecule has 0 saturated carbocycles. The Hall–Kier alpha value is -2.85. The van der Waals surface area contributed by atoms with Crippen molar-refractivity contribution in [2.45, 2.75) is 55.7 Å². The first kappa shape index (κ1) is 30.8. The molecule has 45 heavy (non-hydrogen) atoms. The first-order chi connectivity index (χ1) is 21.3. The molecule has 0 aromatic carbocycles. The van der Waals surface area contributed by atoms with Crippen molar-refractivity contribution in [3.63, 3.8) is 0 Å². The summed E-state index contributed by atoms with van der Waals surface area (Å²) in [6, 6.07) is 1.36. The predicted octanol–water partition coefficient (Wildman–Crippen LogP) is -2.19. The zero-order valence-corrected chi connectivity index (χ0v) is 25.2. The second-order valence-electron chi connectivity index (χ2n) is 10.4. The van der Waals surface area contributed by atoms with Gasteiger partial charge in [0.25, 0.3) is 13.4 Å². The highest BCUT2D eigenvalue weighted by Crippen LogP contribution is 2.51. The predicted molar refractivity (Wildman–Crippen MR) is 148 cm³/mol. The van der Waals surface area contributed by atoms with Gasteiger partial charge in [0.05, 0.1) is 37.9 Å². The van der Waals surface area contributed by atoms with Crippen LogP contribution in [0.15, 0.2) is 28.5 Å². The number of alkyl halides is 1. The monoisotopic (exact) mass is 691 g/mol. The van der Waals surface area contributed by atoms with Crippen LogP contribution in [0.5, 0.6) is 0 Å². The number of hydrogen-bond acceptors (Lipinski definition) is 18. The number of aliphatic hydroxyl groups is 1. The molecule has 0 bridgehead atoms. The molecule has 4 aliphatic heterocycles. The third-order valence-electron chi connectivity index (χ3n) is 7.53. The fourth-order valence-electron chi connectivity index (χ4n) is 5.51. The van der Waals surface area contributed by atoms with E-state index in [1.165, 1.54) is 27.9 Å². The van der Waals surface area contributed by atoms with Crippen molar-refractivity contribution in [1.82, 2.24) is 24.1 Å². The quantitative estimate of drug-likeness (QED) is 0.178. The lowest BCUT2D eigenvalue weighted by Gasteiger charge is -2.36. The number of nitrogens with one attached hydrogen (secondary N) is 2. The van der Waals surface area contributed by atoms with Crippen molar-refractivity contribution in [2.24, 2.45) is 10.7 Å². The highest BCUT2D eigenvalue weighted by Gasteiger charge is 2.52. The first-order valence-electron chi connectivity index (χ1n) is 13.2. The number of aromatic nitrogens is 5. The molecule has 0 aliphatic carbocycles. The molecule has 7 heterocycles. The summed E-state index contributed by atoms with van der Waals surface area (Å²) in [5.41, 5.74) is 11.4. The number of pyridine rings is 1. The number of phosphoric ester groups is 1. The van der Waals surface area contributed by atoms with Crippen LogP contribution in [0.2, 0.25) is 0 Å². The average molecular weight is 691 g/mol. The minimum Gasteiger partial charge on any atom is -0.780 e. The number of rotatable bonds is 2. The van der Waals surface area contributed by atoms with Crippen molar-refractivity contribution < 1.29 is 51.4 Å². The van der Waals surface area contributed by atoms with Gasteiger partial charge in [-0.1, -0.05) is 11.8 Å². The fraction of sp³-hybridized carbons (Fsp3) is 0.524. The number of H-pyrrole nitrogens is 1. The van der Waals surface area contributed by atoms with E-state index in [2.05, 4.69) is 25.3 Å². The van der Waals surface area contributed by atoms with Crippen molar-refractivity contribution in [3.05, 3.63) is 34.8 Å². The Balaban J connectivity index is 1.16. The van der Waals surface area contributed by atoms with Gasteiger partial charge in [-0.2, -0.15) is 0 Å². The largest absolute Gasteiger partial charge is 0.780 e. The molecule has 3 saturated heterocycles. The summed E-state index contributed by atoms with van der Waals surface area (Å²) in [4.78, 5) is 53.1. The molecule has 20 nitrogen and oxygen atoms in total. The molecule has 3 aromatic heterocycles. The minimum absolute atomic E-state index is 0.0101. The van der Waals surface area contributed by atoms with Crippen LogP contribution in [0, 0.1) is 0 Å². The molecule has 2 unspecified atom stereocenters. The minimum atomic E-state index is -5.31. The zero-order valence-electron chi connectivity index (χ0n) is 22.6. The number of aliphatic hydroxyl groups excluding tert-OH is 1. The normalized spacial score (nSPS) is 38.8. The maximum atomic E-state index is 15.9. The van der Waals surface area contributed by atoms with Gasteiger partial charge in [-0.25, -0.2) is 19.4 Å². The smallest absolute Gasteiger partial charge is 0.277 e. The number of aromatic amines is 1. The summed E-state index contributed by atoms with van der Waals surface area (Å²) in [6.07, 6.45) is -10.6. The van der Waals surface area contributed by atoms with Crippen LogP contribution in [0.4, 0.5) is 16.0 Å². The number of hydrogen-bond donors (Lipinski definition) is 5. The van der Waals surface area contributed by atoms with Crippen molar-refractivity contribution in [2.75, 3.05) is 24.3 Å². The van der Waals surface area contributed by atoms with Gasteiger partial charge in [-0.3, -0.25) is 13.9 Å². The van der Waals surface area contributed by atoms with Crippen LogP contribution in [0.1, 0.15) is 18.1 Å². The van der Waals surface area contributed by atoms with Gasteiger partial charge in [0.1, 0.15) is 54.6 Å². The van der Waals surface area contributed by atoms with E-state index < -0.39 is 82.5 Å². The van der Waals surface area contributed by atoms with Gasteiger partial charge in [0.2, 0.25) is 0 Å². The second-order valence-corrected chi connectivity index (χ2v) is 14.5. The van der Waals surface area contributed by atoms with Crippen LogP contribution in [0.3, 0.4) is 0 Å². The number of fused-ring (bicyclic) bond motifs is 4. The van der Waals surface area contributed by atoms with Gasteiger partial charge in [-0.15, -0.1) is 0 Å². The van der Waals surface area contributed by atoms with Crippen molar-refractivity contribution in [3.8, 4) is 0 Å². The van der Waals surface area contributed by atoms with Gasteiger partial charge >= 0.3 is 0 Å². The number of nitrogens with zero attached hydrogens (tertiary/aromatic N) is 5. The van der Waals surface area contributed by atoms with E-state index in [4.69, 9.17) is 50.8 Å². The number of guanidine groups is 1. The topological polar surface area (TPSA) is 284 Å². The van der Waals surface area contributed by atoms with Gasteiger partial charge in [0, 0.05) is 6.07 Å². The Labute approximate surface area is 255 Å². The third-order valence-corrected chi connectivity index (χ3v) is 10.0. The maximum absolute atomic E-state index is 15.9. The maximum Gasteiger partial charge on any atom is 0.277 e. The highest BCUT2D eigenvalue weighted by atomic mass is 32.5. The highest BCUT2D eigenvalue weighted by molar-refractivity contribution is 8.06. The van der Waals surface area contributed by atoms with Crippen LogP contribution in [-0.2, 0) is 50.5 Å². The summed E-state index contributed by atoms with van der Waals surface area (Å²) in [7, 11) is -5.31. The number of aliphatic imine (C=N–C) groups is 1. The molecule has 7 N–H and O–H groups in total. The van der Waals surface area contributed by atoms with Crippen LogP contribution in [0.25, 0.3) is 11.0 Å². The third kappa shape index (κ3) is 5.60. The molecule has 24 heteroatoms. The SMILES string of the molecule is NC1=NCc2ncn([C@@H]3O[C@@H]4COP([O-])(=S)O[C@H]5[C@@H](O)[C@H](n6cnc7c(=O)[nH]c(N)cc76)O[C@@H]5COP(=O)([O-])O[C@H]4[C@H]3F)c2N1. The van der Waals surface area contributed by atoms with E-state index in [9.17, 15) is 24.3 Å². The number of ether oxygens (including phenoxy) is 2. The molecule has 0 spiro atoms. The fourth-order valence-corrected chi connectivity index (χ4v) is 7.88. The van der Waals surface area contributed by atoms with E-state index in [1.807, 2.05) is 0 Å². The van der Waals surface area contributed by atoms with E-state index >= 15 is 4.39 Å². The Kier molecular flexibility index (Phi) is 7.62. The second kappa shape index (κ2) is 11.1. The molecular formula is C21H24FN9O11P2S-2. The lowest BCUT2D eigenvalue weighted by molar-refractivity contribution is -0.238. The summed E-state index contributed by atoms with van der Waals surface area (Å²) in [5, 5.41) is 13.9. The molecular weight excluding hydrogens is 667 g/mol. The number of phosphoric acid groups is 1. The Bertz CT molecular complexity index is 1840. The van der Waals surface area contributed by atoms with Crippen LogP contribution in [-0.4, -0.2) is 85.1 Å². The van der Waals surface area contributed by atoms with Crippen LogP contribution < -0.4 is 32.1 Å². The number of imidazole rings is 2. The molecule has 10 atom stereocenters. The van der Waals surface area contributed by atoms with E-state index in [0.717, 1.165) is 0 Å². The average Bonchev–Trinajstić information content (AvgIpc) is 3.71. The summed E-state index contributed by atoms with van der Waals surface area (Å²) in [6.45, 7) is -5.99. The molecule has 4 aliphatic rings. The number of halogens is 1. The molecule has 0 radical (unpaired) electrons. The van der Waals surface area contributed by atoms with Gasteiger partial charge < -0.3 is 68.8 Å². The van der Waals surface area contributed by atoms with Crippen molar-refractivity contribution in [1.29, 1.82) is 0 Å². The van der Waals surface area contributed by atoms with Gasteiger partial charge in [-0.05, 0) is 0 Å². The standard InChI is InChI=1S/C21H26FN9O11P2S/c22-12-15-9(39-19(12)31-5-26-7-2-25-21(24)29-17(7)31)4-38-44(36,45)42-16-10(3-37-43(34,35)41-15)40-20(14(16)32)30-6-27-13-8(30)1-11(23)28-18(13)33/h1,5-6,9-10,12,14-16,19-20,32H,2-4H2,(H,34,35)(H,36,45)(H3,23,28,33)(H3,24,25,29)/p-2/t9-,10-,12-,14-,15-,16-,19-,20-,44?/m1/s1. The Morgan fingerprint density at radius 2 is 1.78 bits per heavy atom. The van der Waals surface area contributed by atoms with E-state index in [-0.39, 0.29) is 35.2 Å². The molecule has 244 valence electrons. The molecule has 7 rings (SSSR count). The number of nitrogens with two attached hydrogens (primary N) is 2. The zero-order chi connectivity index (χ0) is 31.8. The van der Waals surface area contributed by atoms with Crippen molar-refractivity contribution >= 4 is 55.0 Å². The molecule has 3 aromatic rings. The molecule has 3 fully saturated rings. The lowest BCUT2D eigenvalue weighted by Crippen LogP contribution is -2.40. The Morgan fingerprint density at radius 3 is 2.58 bits per heavy atom.